The maximum Gasteiger partial charge on any atom is 0.418 e. The van der Waals surface area contributed by atoms with Crippen LogP contribution in [0.5, 0.6) is 0 Å². The number of halogens is 5. The standard InChI is InChI=1S/C22H15F5N4O2/c1-21(23,24)15-4-5-18(17(8-15)22(25,26)27)31-12-16(11-29-31)30-20(32)14-7-13(9-28-10-14)19-3-2-6-33-19/h2-12H,1H3,(H,30,32). The molecule has 0 aliphatic carbocycles. The number of carbonyl (C=O) groups is 1. The van der Waals surface area contributed by atoms with Crippen LogP contribution in [0.1, 0.15) is 28.4 Å². The molecule has 0 radical (unpaired) electrons. The summed E-state index contributed by atoms with van der Waals surface area (Å²) in [6, 6.07) is 7.11. The summed E-state index contributed by atoms with van der Waals surface area (Å²) in [4.78, 5) is 16.6. The van der Waals surface area contributed by atoms with E-state index in [-0.39, 0.29) is 11.3 Å². The van der Waals surface area contributed by atoms with Crippen molar-refractivity contribution in [1.29, 1.82) is 0 Å². The summed E-state index contributed by atoms with van der Waals surface area (Å²) in [5.41, 5.74) is -1.67. The van der Waals surface area contributed by atoms with E-state index in [0.29, 0.717) is 24.3 Å². The fourth-order valence-corrected chi connectivity index (χ4v) is 3.10. The minimum atomic E-state index is -4.90. The summed E-state index contributed by atoms with van der Waals surface area (Å²) in [6.45, 7) is 0.513. The zero-order valence-electron chi connectivity index (χ0n) is 16.9. The quantitative estimate of drug-likeness (QED) is 0.374. The van der Waals surface area contributed by atoms with Gasteiger partial charge >= 0.3 is 6.18 Å². The minimum Gasteiger partial charge on any atom is -0.464 e. The summed E-state index contributed by atoms with van der Waals surface area (Å²) in [5, 5.41) is 6.36. The third kappa shape index (κ3) is 4.76. The fraction of sp³-hybridized carbons (Fsp3) is 0.136. The van der Waals surface area contributed by atoms with Gasteiger partial charge in [0.25, 0.3) is 11.8 Å². The van der Waals surface area contributed by atoms with Crippen molar-refractivity contribution in [2.45, 2.75) is 19.0 Å². The van der Waals surface area contributed by atoms with Gasteiger partial charge in [-0.05, 0) is 30.3 Å². The van der Waals surface area contributed by atoms with Gasteiger partial charge in [0, 0.05) is 30.4 Å². The topological polar surface area (TPSA) is 73.0 Å². The highest BCUT2D eigenvalue weighted by molar-refractivity contribution is 6.04. The van der Waals surface area contributed by atoms with Crippen molar-refractivity contribution in [1.82, 2.24) is 14.8 Å². The lowest BCUT2D eigenvalue weighted by Gasteiger charge is -2.17. The largest absolute Gasteiger partial charge is 0.464 e. The van der Waals surface area contributed by atoms with Crippen molar-refractivity contribution in [3.63, 3.8) is 0 Å². The highest BCUT2D eigenvalue weighted by Gasteiger charge is 2.37. The van der Waals surface area contributed by atoms with Crippen LogP contribution in [0.2, 0.25) is 0 Å². The molecule has 0 atom stereocenters. The summed E-state index contributed by atoms with van der Waals surface area (Å²) in [6.07, 6.45) is 1.69. The molecule has 3 aromatic heterocycles. The number of furan rings is 1. The first kappa shape index (κ1) is 22.2. The number of benzene rings is 1. The van der Waals surface area contributed by atoms with E-state index in [0.717, 1.165) is 29.2 Å². The van der Waals surface area contributed by atoms with Crippen molar-refractivity contribution in [2.24, 2.45) is 0 Å². The molecule has 4 aromatic rings. The highest BCUT2D eigenvalue weighted by Crippen LogP contribution is 2.38. The van der Waals surface area contributed by atoms with Gasteiger partial charge in [0.05, 0.1) is 41.2 Å². The van der Waals surface area contributed by atoms with Crippen LogP contribution in [0.15, 0.2) is 71.9 Å². The molecule has 0 bridgehead atoms. The van der Waals surface area contributed by atoms with E-state index in [1.165, 1.54) is 24.7 Å². The first-order valence-electron chi connectivity index (χ1n) is 9.47. The Balaban J connectivity index is 1.60. The Labute approximate surface area is 183 Å². The molecule has 6 nitrogen and oxygen atoms in total. The third-order valence-electron chi connectivity index (χ3n) is 4.70. The second-order valence-corrected chi connectivity index (χ2v) is 7.19. The van der Waals surface area contributed by atoms with Crippen molar-refractivity contribution in [3.8, 4) is 17.0 Å². The molecule has 0 fully saturated rings. The SMILES string of the molecule is CC(F)(F)c1ccc(-n2cc(NC(=O)c3cncc(-c4ccco4)c3)cn2)c(C(F)(F)F)c1. The Morgan fingerprint density at radius 3 is 2.52 bits per heavy atom. The zero-order chi connectivity index (χ0) is 23.8. The summed E-state index contributed by atoms with van der Waals surface area (Å²) in [5.74, 6) is -3.52. The number of nitrogens with zero attached hydrogens (tertiary/aromatic N) is 3. The molecule has 0 unspecified atom stereocenters. The summed E-state index contributed by atoms with van der Waals surface area (Å²) in [7, 11) is 0. The maximum absolute atomic E-state index is 13.5. The average molecular weight is 462 g/mol. The minimum absolute atomic E-state index is 0.0985. The molecule has 170 valence electrons. The third-order valence-corrected chi connectivity index (χ3v) is 4.70. The van der Waals surface area contributed by atoms with Crippen molar-refractivity contribution in [3.05, 3.63) is 84.1 Å². The molecule has 3 heterocycles. The summed E-state index contributed by atoms with van der Waals surface area (Å²) >= 11 is 0. The van der Waals surface area contributed by atoms with Gasteiger partial charge in [-0.3, -0.25) is 9.78 Å². The first-order valence-corrected chi connectivity index (χ1v) is 9.47. The second-order valence-electron chi connectivity index (χ2n) is 7.19. The Morgan fingerprint density at radius 1 is 1.06 bits per heavy atom. The van der Waals surface area contributed by atoms with Gasteiger partial charge in [-0.15, -0.1) is 0 Å². The molecular weight excluding hydrogens is 447 g/mol. The van der Waals surface area contributed by atoms with Gasteiger partial charge in [-0.2, -0.15) is 18.3 Å². The lowest BCUT2D eigenvalue weighted by molar-refractivity contribution is -0.137. The van der Waals surface area contributed by atoms with E-state index < -0.39 is 34.8 Å². The molecule has 1 amide bonds. The number of nitrogens with one attached hydrogen (secondary N) is 1. The molecule has 0 saturated carbocycles. The predicted octanol–water partition coefficient (Wildman–Crippen LogP) is 5.91. The number of rotatable bonds is 5. The first-order chi connectivity index (χ1) is 15.5. The van der Waals surface area contributed by atoms with Gasteiger partial charge in [0.15, 0.2) is 0 Å². The van der Waals surface area contributed by atoms with Crippen molar-refractivity contribution < 1.29 is 31.2 Å². The van der Waals surface area contributed by atoms with E-state index in [4.69, 9.17) is 4.42 Å². The molecule has 0 aliphatic rings. The van der Waals surface area contributed by atoms with Gasteiger partial charge in [0.1, 0.15) is 5.76 Å². The smallest absolute Gasteiger partial charge is 0.418 e. The Hall–Kier alpha value is -4.02. The molecule has 11 heteroatoms. The molecule has 1 aromatic carbocycles. The average Bonchev–Trinajstić information content (AvgIpc) is 3.44. The van der Waals surface area contributed by atoms with Crippen LogP contribution in [0.4, 0.5) is 27.6 Å². The molecular formula is C22H15F5N4O2. The normalized spacial score (nSPS) is 12.1. The number of hydrogen-bond donors (Lipinski definition) is 1. The lowest BCUT2D eigenvalue weighted by atomic mass is 10.0. The van der Waals surface area contributed by atoms with Crippen molar-refractivity contribution in [2.75, 3.05) is 5.32 Å². The Kier molecular flexibility index (Phi) is 5.48. The molecule has 33 heavy (non-hydrogen) atoms. The number of carbonyl (C=O) groups excluding carboxylic acids is 1. The van der Waals surface area contributed by atoms with Gasteiger partial charge < -0.3 is 9.73 Å². The number of anilines is 1. The van der Waals surface area contributed by atoms with E-state index >= 15 is 0 Å². The van der Waals surface area contributed by atoms with Crippen LogP contribution < -0.4 is 5.32 Å². The lowest BCUT2D eigenvalue weighted by Crippen LogP contribution is -2.15. The van der Waals surface area contributed by atoms with E-state index in [1.54, 1.807) is 12.1 Å². The number of aromatic nitrogens is 3. The zero-order valence-corrected chi connectivity index (χ0v) is 16.9. The number of pyridine rings is 1. The van der Waals surface area contributed by atoms with E-state index in [1.807, 2.05) is 0 Å². The van der Waals surface area contributed by atoms with Crippen LogP contribution in [0, 0.1) is 0 Å². The van der Waals surface area contributed by atoms with Gasteiger partial charge in [0.2, 0.25) is 0 Å². The highest BCUT2D eigenvalue weighted by atomic mass is 19.4. The van der Waals surface area contributed by atoms with E-state index in [9.17, 15) is 26.7 Å². The number of alkyl halides is 5. The monoisotopic (exact) mass is 462 g/mol. The molecule has 4 rings (SSSR count). The summed E-state index contributed by atoms with van der Waals surface area (Å²) < 4.78 is 73.8. The van der Waals surface area contributed by atoms with Crippen LogP contribution in [0.3, 0.4) is 0 Å². The van der Waals surface area contributed by atoms with Crippen LogP contribution in [-0.2, 0) is 12.1 Å². The predicted molar refractivity (Wildman–Crippen MR) is 108 cm³/mol. The maximum atomic E-state index is 13.5. The van der Waals surface area contributed by atoms with Crippen LogP contribution in [-0.4, -0.2) is 20.7 Å². The fourth-order valence-electron chi connectivity index (χ4n) is 3.10. The molecule has 1 N–H and O–H groups in total. The Bertz CT molecular complexity index is 1290. The van der Waals surface area contributed by atoms with Crippen molar-refractivity contribution >= 4 is 11.6 Å². The number of amides is 1. The molecule has 0 aliphatic heterocycles. The second kappa shape index (κ2) is 8.15. The number of hydrogen-bond acceptors (Lipinski definition) is 4. The molecule has 0 spiro atoms. The molecule has 0 saturated heterocycles. The van der Waals surface area contributed by atoms with Gasteiger partial charge in [-0.1, -0.05) is 6.07 Å². The van der Waals surface area contributed by atoms with E-state index in [2.05, 4.69) is 15.4 Å². The Morgan fingerprint density at radius 2 is 1.85 bits per heavy atom. The van der Waals surface area contributed by atoms with Crippen LogP contribution in [0.25, 0.3) is 17.0 Å². The van der Waals surface area contributed by atoms with Gasteiger partial charge in [-0.25, -0.2) is 13.5 Å². The van der Waals surface area contributed by atoms with Crippen LogP contribution >= 0.6 is 0 Å².